The summed E-state index contributed by atoms with van der Waals surface area (Å²) >= 11 is 0. The second-order valence-corrected chi connectivity index (χ2v) is 8.35. The molecule has 3 aromatic rings. The Morgan fingerprint density at radius 3 is 2.66 bits per heavy atom. The van der Waals surface area contributed by atoms with Crippen molar-refractivity contribution in [3.8, 4) is 0 Å². The predicted molar refractivity (Wildman–Crippen MR) is 124 cm³/mol. The van der Waals surface area contributed by atoms with Gasteiger partial charge in [0.15, 0.2) is 0 Å². The maximum Gasteiger partial charge on any atom is 0.257 e. The molecule has 8 nitrogen and oxygen atoms in total. The molecule has 0 unspecified atom stereocenters. The molecule has 0 saturated heterocycles. The SMILES string of the molecule is CCn1c(C)nc2cc(NC(=O)c3ccc(=O)n(CC(=O)NC4CCCCC4)c3)ccc21. The topological polar surface area (TPSA) is 98.0 Å². The van der Waals surface area contributed by atoms with Gasteiger partial charge in [-0.1, -0.05) is 19.3 Å². The molecule has 1 aliphatic rings. The molecule has 0 radical (unpaired) electrons. The summed E-state index contributed by atoms with van der Waals surface area (Å²) in [4.78, 5) is 42.0. The molecule has 32 heavy (non-hydrogen) atoms. The number of imidazole rings is 1. The normalized spacial score (nSPS) is 14.4. The number of anilines is 1. The van der Waals surface area contributed by atoms with Gasteiger partial charge >= 0.3 is 0 Å². The Morgan fingerprint density at radius 2 is 1.91 bits per heavy atom. The van der Waals surface area contributed by atoms with Gasteiger partial charge < -0.3 is 19.8 Å². The first kappa shape index (κ1) is 21.8. The van der Waals surface area contributed by atoms with E-state index in [1.807, 2.05) is 25.1 Å². The number of hydrogen-bond donors (Lipinski definition) is 2. The van der Waals surface area contributed by atoms with Crippen LogP contribution < -0.4 is 16.2 Å². The van der Waals surface area contributed by atoms with Crippen molar-refractivity contribution in [1.82, 2.24) is 19.4 Å². The summed E-state index contributed by atoms with van der Waals surface area (Å²) in [6.07, 6.45) is 6.82. The average molecular weight is 436 g/mol. The van der Waals surface area contributed by atoms with Crippen molar-refractivity contribution in [3.05, 3.63) is 58.3 Å². The molecule has 2 N–H and O–H groups in total. The molecule has 2 aromatic heterocycles. The summed E-state index contributed by atoms with van der Waals surface area (Å²) in [6, 6.07) is 8.57. The number of aromatic nitrogens is 3. The van der Waals surface area contributed by atoms with E-state index < -0.39 is 0 Å². The molecule has 1 saturated carbocycles. The van der Waals surface area contributed by atoms with E-state index in [9.17, 15) is 14.4 Å². The van der Waals surface area contributed by atoms with Crippen molar-refractivity contribution in [1.29, 1.82) is 0 Å². The van der Waals surface area contributed by atoms with Crippen LogP contribution in [0.3, 0.4) is 0 Å². The molecule has 2 heterocycles. The molecule has 0 atom stereocenters. The summed E-state index contributed by atoms with van der Waals surface area (Å²) in [5.41, 5.74) is 2.44. The molecule has 8 heteroatoms. The van der Waals surface area contributed by atoms with Crippen molar-refractivity contribution in [2.24, 2.45) is 0 Å². The lowest BCUT2D eigenvalue weighted by atomic mass is 9.95. The number of carbonyl (C=O) groups excluding carboxylic acids is 2. The van der Waals surface area contributed by atoms with Crippen LogP contribution in [0.15, 0.2) is 41.3 Å². The van der Waals surface area contributed by atoms with Gasteiger partial charge in [-0.15, -0.1) is 0 Å². The second kappa shape index (κ2) is 9.38. The first-order chi connectivity index (χ1) is 15.4. The lowest BCUT2D eigenvalue weighted by Gasteiger charge is -2.22. The van der Waals surface area contributed by atoms with Crippen LogP contribution in [0.4, 0.5) is 5.69 Å². The number of amides is 2. The summed E-state index contributed by atoms with van der Waals surface area (Å²) in [5.74, 6) is 0.367. The molecule has 1 fully saturated rings. The van der Waals surface area contributed by atoms with Crippen LogP contribution in [0.25, 0.3) is 11.0 Å². The monoisotopic (exact) mass is 435 g/mol. The molecule has 0 bridgehead atoms. The minimum atomic E-state index is -0.350. The Balaban J connectivity index is 1.46. The summed E-state index contributed by atoms with van der Waals surface area (Å²) in [7, 11) is 0. The van der Waals surface area contributed by atoms with Crippen LogP contribution in [-0.4, -0.2) is 32.0 Å². The molecule has 0 spiro atoms. The largest absolute Gasteiger partial charge is 0.352 e. The van der Waals surface area contributed by atoms with E-state index in [0.29, 0.717) is 11.3 Å². The first-order valence-electron chi connectivity index (χ1n) is 11.2. The van der Waals surface area contributed by atoms with Gasteiger partial charge in [0.25, 0.3) is 11.5 Å². The standard InChI is InChI=1S/C24H29N5O3/c1-3-29-16(2)25-20-13-19(10-11-21(20)29)27-24(32)17-9-12-23(31)28(14-17)15-22(30)26-18-7-5-4-6-8-18/h9-14,18H,3-8,15H2,1-2H3,(H,26,30)(H,27,32). The Bertz CT molecular complexity index is 1200. The fourth-order valence-corrected chi connectivity index (χ4v) is 4.39. The van der Waals surface area contributed by atoms with Gasteiger partial charge in [0, 0.05) is 30.5 Å². The maximum atomic E-state index is 12.8. The Morgan fingerprint density at radius 1 is 1.12 bits per heavy atom. The van der Waals surface area contributed by atoms with Crippen LogP contribution in [0.5, 0.6) is 0 Å². The van der Waals surface area contributed by atoms with Gasteiger partial charge in [-0.3, -0.25) is 14.4 Å². The number of fused-ring (bicyclic) bond motifs is 1. The highest BCUT2D eigenvalue weighted by Crippen LogP contribution is 2.21. The highest BCUT2D eigenvalue weighted by molar-refractivity contribution is 6.04. The molecule has 0 aliphatic heterocycles. The van der Waals surface area contributed by atoms with Gasteiger partial charge in [-0.2, -0.15) is 0 Å². The number of rotatable bonds is 6. The number of carbonyl (C=O) groups is 2. The zero-order valence-corrected chi connectivity index (χ0v) is 18.6. The van der Waals surface area contributed by atoms with Gasteiger partial charge in [0.2, 0.25) is 5.91 Å². The molecular weight excluding hydrogens is 406 g/mol. The molecular formula is C24H29N5O3. The Kier molecular flexibility index (Phi) is 6.39. The van der Waals surface area contributed by atoms with E-state index in [4.69, 9.17) is 0 Å². The van der Waals surface area contributed by atoms with E-state index >= 15 is 0 Å². The zero-order chi connectivity index (χ0) is 22.7. The number of hydrogen-bond acceptors (Lipinski definition) is 4. The number of benzene rings is 1. The molecule has 1 aromatic carbocycles. The summed E-state index contributed by atoms with van der Waals surface area (Å²) < 4.78 is 3.39. The molecule has 2 amide bonds. The van der Waals surface area contributed by atoms with Gasteiger partial charge in [-0.25, -0.2) is 4.98 Å². The predicted octanol–water partition coefficient (Wildman–Crippen LogP) is 3.23. The van der Waals surface area contributed by atoms with Gasteiger partial charge in [0.1, 0.15) is 12.4 Å². The van der Waals surface area contributed by atoms with Crippen LogP contribution >= 0.6 is 0 Å². The van der Waals surface area contributed by atoms with Crippen molar-refractivity contribution in [3.63, 3.8) is 0 Å². The second-order valence-electron chi connectivity index (χ2n) is 8.35. The lowest BCUT2D eigenvalue weighted by molar-refractivity contribution is -0.122. The number of nitrogens with zero attached hydrogens (tertiary/aromatic N) is 3. The Labute approximate surface area is 186 Å². The zero-order valence-electron chi connectivity index (χ0n) is 18.6. The third kappa shape index (κ3) is 4.74. The van der Waals surface area contributed by atoms with Gasteiger partial charge in [0.05, 0.1) is 16.6 Å². The van der Waals surface area contributed by atoms with E-state index in [0.717, 1.165) is 49.1 Å². The lowest BCUT2D eigenvalue weighted by Crippen LogP contribution is -2.39. The third-order valence-corrected chi connectivity index (χ3v) is 6.04. The van der Waals surface area contributed by atoms with E-state index in [-0.39, 0.29) is 30.0 Å². The molecule has 1 aliphatic carbocycles. The maximum absolute atomic E-state index is 12.8. The smallest absolute Gasteiger partial charge is 0.257 e. The van der Waals surface area contributed by atoms with E-state index in [1.54, 1.807) is 0 Å². The third-order valence-electron chi connectivity index (χ3n) is 6.04. The fraction of sp³-hybridized carbons (Fsp3) is 0.417. The van der Waals surface area contributed by atoms with Crippen molar-refractivity contribution >= 4 is 28.5 Å². The number of pyridine rings is 1. The molecule has 168 valence electrons. The van der Waals surface area contributed by atoms with Crippen LogP contribution in [-0.2, 0) is 17.9 Å². The fourth-order valence-electron chi connectivity index (χ4n) is 4.39. The number of aryl methyl sites for hydroxylation is 2. The Hall–Kier alpha value is -3.42. The first-order valence-corrected chi connectivity index (χ1v) is 11.2. The van der Waals surface area contributed by atoms with Crippen LogP contribution in [0.1, 0.15) is 55.2 Å². The quantitative estimate of drug-likeness (QED) is 0.621. The van der Waals surface area contributed by atoms with E-state index in [1.165, 1.54) is 29.3 Å². The minimum Gasteiger partial charge on any atom is -0.352 e. The summed E-state index contributed by atoms with van der Waals surface area (Å²) in [5, 5.41) is 5.86. The highest BCUT2D eigenvalue weighted by atomic mass is 16.2. The van der Waals surface area contributed by atoms with Crippen LogP contribution in [0.2, 0.25) is 0 Å². The van der Waals surface area contributed by atoms with E-state index in [2.05, 4.69) is 27.1 Å². The van der Waals surface area contributed by atoms with Crippen molar-refractivity contribution < 1.29 is 9.59 Å². The molecule has 4 rings (SSSR count). The van der Waals surface area contributed by atoms with Crippen molar-refractivity contribution in [2.45, 2.75) is 65.1 Å². The average Bonchev–Trinajstić information content (AvgIpc) is 3.09. The minimum absolute atomic E-state index is 0.101. The van der Waals surface area contributed by atoms with Gasteiger partial charge in [-0.05, 0) is 51.0 Å². The highest BCUT2D eigenvalue weighted by Gasteiger charge is 2.17. The number of nitrogens with one attached hydrogen (secondary N) is 2. The van der Waals surface area contributed by atoms with Crippen LogP contribution in [0, 0.1) is 6.92 Å². The summed E-state index contributed by atoms with van der Waals surface area (Å²) in [6.45, 7) is 4.74. The van der Waals surface area contributed by atoms with Crippen molar-refractivity contribution in [2.75, 3.05) is 5.32 Å².